The van der Waals surface area contributed by atoms with Crippen molar-refractivity contribution in [1.82, 2.24) is 19.8 Å². The van der Waals surface area contributed by atoms with E-state index in [1.807, 2.05) is 30.3 Å². The summed E-state index contributed by atoms with van der Waals surface area (Å²) in [6.07, 6.45) is 0. The fraction of sp³-hybridized carbons (Fsp3) is 0.105. The zero-order valence-corrected chi connectivity index (χ0v) is 14.4. The molecular formula is C19H15FN4S. The van der Waals surface area contributed by atoms with Gasteiger partial charge in [0.15, 0.2) is 5.65 Å². The Labute approximate surface area is 148 Å². The average molecular weight is 350 g/mol. The number of hydrogen-bond acceptors (Lipinski definition) is 4. The van der Waals surface area contributed by atoms with E-state index < -0.39 is 0 Å². The predicted octanol–water partition coefficient (Wildman–Crippen LogP) is 4.53. The van der Waals surface area contributed by atoms with Crippen molar-refractivity contribution in [2.75, 3.05) is 0 Å². The van der Waals surface area contributed by atoms with Gasteiger partial charge in [0.05, 0.1) is 5.69 Å². The first-order valence-corrected chi connectivity index (χ1v) is 8.85. The van der Waals surface area contributed by atoms with Crippen molar-refractivity contribution in [1.29, 1.82) is 0 Å². The summed E-state index contributed by atoms with van der Waals surface area (Å²) >= 11 is 1.42. The first-order chi connectivity index (χ1) is 12.2. The summed E-state index contributed by atoms with van der Waals surface area (Å²) in [5.74, 6) is 0.265. The molecule has 2 aromatic heterocycles. The van der Waals surface area contributed by atoms with Crippen LogP contribution in [0.2, 0.25) is 0 Å². The molecule has 2 heterocycles. The molecule has 0 saturated carbocycles. The van der Waals surface area contributed by atoms with Crippen molar-refractivity contribution in [2.24, 2.45) is 0 Å². The van der Waals surface area contributed by atoms with Crippen LogP contribution in [0.25, 0.3) is 16.9 Å². The molecule has 0 amide bonds. The van der Waals surface area contributed by atoms with Crippen LogP contribution >= 0.6 is 11.8 Å². The average Bonchev–Trinajstić information content (AvgIpc) is 3.04. The Morgan fingerprint density at radius 3 is 2.56 bits per heavy atom. The van der Waals surface area contributed by atoms with Gasteiger partial charge in [-0.25, -0.2) is 4.39 Å². The molecule has 0 aliphatic rings. The smallest absolute Gasteiger partial charge is 0.207 e. The van der Waals surface area contributed by atoms with Crippen molar-refractivity contribution < 1.29 is 4.39 Å². The van der Waals surface area contributed by atoms with Crippen LogP contribution in [0.15, 0.2) is 65.8 Å². The van der Waals surface area contributed by atoms with Gasteiger partial charge >= 0.3 is 0 Å². The number of rotatable bonds is 4. The maximum absolute atomic E-state index is 13.8. The highest BCUT2D eigenvalue weighted by atomic mass is 32.2. The summed E-state index contributed by atoms with van der Waals surface area (Å²) in [5.41, 5.74) is 4.40. The Morgan fingerprint density at radius 2 is 1.76 bits per heavy atom. The molecule has 2 aromatic carbocycles. The molecule has 6 heteroatoms. The number of aryl methyl sites for hydroxylation is 1. The maximum atomic E-state index is 13.8. The van der Waals surface area contributed by atoms with Crippen LogP contribution in [-0.2, 0) is 5.75 Å². The van der Waals surface area contributed by atoms with E-state index in [9.17, 15) is 4.39 Å². The van der Waals surface area contributed by atoms with Crippen molar-refractivity contribution in [3.63, 3.8) is 0 Å². The van der Waals surface area contributed by atoms with Crippen LogP contribution in [0.5, 0.6) is 0 Å². The zero-order valence-electron chi connectivity index (χ0n) is 13.6. The van der Waals surface area contributed by atoms with Gasteiger partial charge in [0.2, 0.25) is 5.16 Å². The van der Waals surface area contributed by atoms with Gasteiger partial charge in [-0.3, -0.25) is 0 Å². The lowest BCUT2D eigenvalue weighted by Gasteiger charge is -2.04. The summed E-state index contributed by atoms with van der Waals surface area (Å²) in [7, 11) is 0. The van der Waals surface area contributed by atoms with Crippen molar-refractivity contribution >= 4 is 17.4 Å². The summed E-state index contributed by atoms with van der Waals surface area (Å²) in [5, 5.41) is 13.6. The Kier molecular flexibility index (Phi) is 4.19. The predicted molar refractivity (Wildman–Crippen MR) is 96.9 cm³/mol. The molecule has 124 valence electrons. The van der Waals surface area contributed by atoms with Crippen molar-refractivity contribution in [2.45, 2.75) is 17.8 Å². The van der Waals surface area contributed by atoms with Gasteiger partial charge in [-0.2, -0.15) is 9.61 Å². The molecule has 0 aliphatic heterocycles. The van der Waals surface area contributed by atoms with Gasteiger partial charge in [0.1, 0.15) is 5.82 Å². The second-order valence-electron chi connectivity index (χ2n) is 5.72. The molecule has 4 aromatic rings. The number of fused-ring (bicyclic) bond motifs is 1. The van der Waals surface area contributed by atoms with E-state index in [0.29, 0.717) is 22.1 Å². The largest absolute Gasteiger partial charge is 0.212 e. The first kappa shape index (κ1) is 15.8. The fourth-order valence-electron chi connectivity index (χ4n) is 2.50. The SMILES string of the molecule is Cc1ccc(-c2ccc3nnc(SCc4ccccc4F)n3n2)cc1. The Balaban J connectivity index is 1.64. The minimum absolute atomic E-state index is 0.211. The van der Waals surface area contributed by atoms with Gasteiger partial charge < -0.3 is 0 Å². The topological polar surface area (TPSA) is 43.1 Å². The quantitative estimate of drug-likeness (QED) is 0.507. The highest BCUT2D eigenvalue weighted by molar-refractivity contribution is 7.98. The molecule has 4 nitrogen and oxygen atoms in total. The second-order valence-corrected chi connectivity index (χ2v) is 6.66. The summed E-state index contributed by atoms with van der Waals surface area (Å²) in [4.78, 5) is 0. The number of hydrogen-bond donors (Lipinski definition) is 0. The lowest BCUT2D eigenvalue weighted by atomic mass is 10.1. The lowest BCUT2D eigenvalue weighted by molar-refractivity contribution is 0.617. The number of nitrogens with zero attached hydrogens (tertiary/aromatic N) is 4. The molecule has 0 N–H and O–H groups in total. The summed E-state index contributed by atoms with van der Waals surface area (Å²) in [6, 6.07) is 18.8. The molecule has 25 heavy (non-hydrogen) atoms. The third-order valence-electron chi connectivity index (χ3n) is 3.90. The van der Waals surface area contributed by atoms with E-state index in [4.69, 9.17) is 0 Å². The molecule has 0 saturated heterocycles. The minimum atomic E-state index is -0.211. The van der Waals surface area contributed by atoms with Gasteiger partial charge in [-0.1, -0.05) is 59.8 Å². The van der Waals surface area contributed by atoms with Gasteiger partial charge in [0, 0.05) is 11.3 Å². The Bertz CT molecular complexity index is 1030. The van der Waals surface area contributed by atoms with Gasteiger partial charge in [-0.15, -0.1) is 10.2 Å². The van der Waals surface area contributed by atoms with Crippen LogP contribution in [-0.4, -0.2) is 19.8 Å². The lowest BCUT2D eigenvalue weighted by Crippen LogP contribution is -1.97. The zero-order chi connectivity index (χ0) is 17.2. The number of thioether (sulfide) groups is 1. The standard InChI is InChI=1S/C19H15FN4S/c1-13-6-8-14(9-7-13)17-10-11-18-21-22-19(24(18)23-17)25-12-15-4-2-3-5-16(15)20/h2-11H,12H2,1H3. The molecular weight excluding hydrogens is 335 g/mol. The van der Waals surface area contributed by atoms with E-state index >= 15 is 0 Å². The molecule has 0 fully saturated rings. The second kappa shape index (κ2) is 6.64. The van der Waals surface area contributed by atoms with E-state index in [2.05, 4.69) is 34.4 Å². The van der Waals surface area contributed by atoms with Gasteiger partial charge in [0.25, 0.3) is 0 Å². The summed E-state index contributed by atoms with van der Waals surface area (Å²) in [6.45, 7) is 2.05. The number of halogens is 1. The van der Waals surface area contributed by atoms with Crippen LogP contribution in [0, 0.1) is 12.7 Å². The molecule has 0 radical (unpaired) electrons. The van der Waals surface area contributed by atoms with Gasteiger partial charge in [-0.05, 0) is 30.7 Å². The molecule has 0 spiro atoms. The monoisotopic (exact) mass is 350 g/mol. The Morgan fingerprint density at radius 1 is 0.960 bits per heavy atom. The fourth-order valence-corrected chi connectivity index (χ4v) is 3.37. The third kappa shape index (κ3) is 3.25. The highest BCUT2D eigenvalue weighted by Crippen LogP contribution is 2.24. The first-order valence-electron chi connectivity index (χ1n) is 7.86. The van der Waals surface area contributed by atoms with Crippen molar-refractivity contribution in [3.8, 4) is 11.3 Å². The van der Waals surface area contributed by atoms with Crippen LogP contribution in [0.3, 0.4) is 0 Å². The molecule has 0 bridgehead atoms. The van der Waals surface area contributed by atoms with E-state index in [1.165, 1.54) is 23.4 Å². The maximum Gasteiger partial charge on any atom is 0.212 e. The van der Waals surface area contributed by atoms with Crippen LogP contribution in [0.1, 0.15) is 11.1 Å². The highest BCUT2D eigenvalue weighted by Gasteiger charge is 2.11. The van der Waals surface area contributed by atoms with E-state index in [0.717, 1.165) is 11.3 Å². The summed E-state index contributed by atoms with van der Waals surface area (Å²) < 4.78 is 15.5. The van der Waals surface area contributed by atoms with Crippen LogP contribution < -0.4 is 0 Å². The molecule has 0 atom stereocenters. The van der Waals surface area contributed by atoms with E-state index in [1.54, 1.807) is 16.6 Å². The molecule has 4 rings (SSSR count). The van der Waals surface area contributed by atoms with Crippen LogP contribution in [0.4, 0.5) is 4.39 Å². The Hall–Kier alpha value is -2.73. The normalized spacial score (nSPS) is 11.1. The number of benzene rings is 2. The molecule has 0 aliphatic carbocycles. The molecule has 0 unspecified atom stereocenters. The van der Waals surface area contributed by atoms with E-state index in [-0.39, 0.29) is 5.82 Å². The van der Waals surface area contributed by atoms with Crippen molar-refractivity contribution in [3.05, 3.63) is 77.6 Å². The number of aromatic nitrogens is 4. The minimum Gasteiger partial charge on any atom is -0.207 e. The third-order valence-corrected chi connectivity index (χ3v) is 4.86.